The summed E-state index contributed by atoms with van der Waals surface area (Å²) in [6.45, 7) is 1.55. The van der Waals surface area contributed by atoms with E-state index in [9.17, 15) is 22.4 Å². The molecule has 0 saturated heterocycles. The topological polar surface area (TPSA) is 26.3 Å². The molecule has 0 saturated carbocycles. The van der Waals surface area contributed by atoms with Gasteiger partial charge in [-0.2, -0.15) is 8.78 Å². The lowest BCUT2D eigenvalue weighted by Gasteiger charge is -2.14. The van der Waals surface area contributed by atoms with E-state index in [1.807, 2.05) is 6.92 Å². The van der Waals surface area contributed by atoms with Gasteiger partial charge in [-0.3, -0.25) is 4.79 Å². The number of hydrogen-bond acceptors (Lipinski definition) is 2. The number of ether oxygens (including phenoxy) is 1. The molecule has 0 spiro atoms. The van der Waals surface area contributed by atoms with Crippen LogP contribution >= 0.6 is 0 Å². The molecule has 0 aliphatic rings. The quantitative estimate of drug-likeness (QED) is 0.589. The van der Waals surface area contributed by atoms with Crippen LogP contribution in [-0.4, -0.2) is 31.3 Å². The molecule has 0 aromatic heterocycles. The van der Waals surface area contributed by atoms with E-state index in [2.05, 4.69) is 4.74 Å². The van der Waals surface area contributed by atoms with E-state index in [-0.39, 0.29) is 0 Å². The molecule has 6 heteroatoms. The van der Waals surface area contributed by atoms with Crippen molar-refractivity contribution in [3.8, 4) is 0 Å². The molecule has 106 valence electrons. The van der Waals surface area contributed by atoms with Crippen molar-refractivity contribution in [2.75, 3.05) is 13.2 Å². The molecule has 1 aromatic carbocycles. The summed E-state index contributed by atoms with van der Waals surface area (Å²) >= 11 is 0. The number of carbonyl (C=O) groups excluding carboxylic acids is 1. The molecule has 0 aliphatic carbocycles. The van der Waals surface area contributed by atoms with Crippen LogP contribution in [0.4, 0.5) is 17.6 Å². The highest BCUT2D eigenvalue weighted by molar-refractivity contribution is 5.97. The average molecular weight is 278 g/mol. The molecule has 0 unspecified atom stereocenters. The van der Waals surface area contributed by atoms with Crippen molar-refractivity contribution in [1.29, 1.82) is 0 Å². The molecule has 2 nitrogen and oxygen atoms in total. The van der Waals surface area contributed by atoms with Gasteiger partial charge in [0.05, 0.1) is 0 Å². The molecular weight excluding hydrogens is 264 g/mol. The third kappa shape index (κ3) is 4.31. The number of hydrogen-bond donors (Lipinski definition) is 0. The first-order chi connectivity index (χ1) is 8.74. The smallest absolute Gasteiger partial charge is 0.330 e. The molecule has 0 amide bonds. The summed E-state index contributed by atoms with van der Waals surface area (Å²) in [7, 11) is 0. The van der Waals surface area contributed by atoms with Gasteiger partial charge in [-0.15, -0.1) is 0 Å². The number of aryl methyl sites for hydroxylation is 2. The van der Waals surface area contributed by atoms with Crippen LogP contribution in [0.15, 0.2) is 18.2 Å². The molecule has 0 aliphatic heterocycles. The van der Waals surface area contributed by atoms with Gasteiger partial charge in [-0.05, 0) is 31.0 Å². The molecule has 1 rings (SSSR count). The first kappa shape index (κ1) is 15.6. The van der Waals surface area contributed by atoms with E-state index < -0.39 is 31.3 Å². The number of halogens is 4. The van der Waals surface area contributed by atoms with Gasteiger partial charge in [0.1, 0.15) is 13.2 Å². The average Bonchev–Trinajstić information content (AvgIpc) is 2.32. The van der Waals surface area contributed by atoms with Crippen LogP contribution in [0.25, 0.3) is 0 Å². The Bertz CT molecular complexity index is 458. The molecule has 0 atom stereocenters. The fraction of sp³-hybridized carbons (Fsp3) is 0.462. The van der Waals surface area contributed by atoms with E-state index >= 15 is 0 Å². The molecule has 0 heterocycles. The van der Waals surface area contributed by atoms with E-state index in [0.717, 1.165) is 11.1 Å². The standard InChI is InChI=1S/C13H14F4O2/c1-8-3-4-10(5-9(8)2)11(18)6-19-7-13(16,17)12(14)15/h3-5,12H,6-7H2,1-2H3. The largest absolute Gasteiger partial charge is 0.367 e. The molecule has 0 fully saturated rings. The normalized spacial score (nSPS) is 11.9. The van der Waals surface area contributed by atoms with Gasteiger partial charge in [-0.25, -0.2) is 8.78 Å². The minimum atomic E-state index is -4.23. The van der Waals surface area contributed by atoms with Gasteiger partial charge in [-0.1, -0.05) is 12.1 Å². The second kappa shape index (κ2) is 6.14. The lowest BCUT2D eigenvalue weighted by atomic mass is 10.0. The minimum absolute atomic E-state index is 0.309. The van der Waals surface area contributed by atoms with Crippen LogP contribution in [0.1, 0.15) is 21.5 Å². The summed E-state index contributed by atoms with van der Waals surface area (Å²) in [5, 5.41) is 0. The number of carbonyl (C=O) groups is 1. The highest BCUT2D eigenvalue weighted by atomic mass is 19.3. The van der Waals surface area contributed by atoms with Gasteiger partial charge < -0.3 is 4.74 Å². The van der Waals surface area contributed by atoms with Crippen LogP contribution in [0, 0.1) is 13.8 Å². The highest BCUT2D eigenvalue weighted by Crippen LogP contribution is 2.22. The highest BCUT2D eigenvalue weighted by Gasteiger charge is 2.41. The van der Waals surface area contributed by atoms with Crippen molar-refractivity contribution < 1.29 is 27.1 Å². The summed E-state index contributed by atoms with van der Waals surface area (Å²) in [5.74, 6) is -4.75. The summed E-state index contributed by atoms with van der Waals surface area (Å²) in [6.07, 6.45) is -3.80. The number of Topliss-reactive ketones (excluding diaryl/α,β-unsaturated/α-hetero) is 1. The number of benzene rings is 1. The molecule has 0 bridgehead atoms. The fourth-order valence-electron chi connectivity index (χ4n) is 1.34. The van der Waals surface area contributed by atoms with E-state index in [0.29, 0.717) is 5.56 Å². The summed E-state index contributed by atoms with van der Waals surface area (Å²) in [5.41, 5.74) is 2.17. The van der Waals surface area contributed by atoms with Crippen molar-refractivity contribution in [2.45, 2.75) is 26.2 Å². The van der Waals surface area contributed by atoms with Crippen LogP contribution in [0.2, 0.25) is 0 Å². The third-order valence-electron chi connectivity index (χ3n) is 2.68. The fourth-order valence-corrected chi connectivity index (χ4v) is 1.34. The maximum Gasteiger partial charge on any atom is 0.330 e. The Kier molecular flexibility index (Phi) is 5.05. The Morgan fingerprint density at radius 3 is 2.42 bits per heavy atom. The number of rotatable bonds is 6. The zero-order valence-corrected chi connectivity index (χ0v) is 10.6. The lowest BCUT2D eigenvalue weighted by molar-refractivity contribution is -0.163. The van der Waals surface area contributed by atoms with Crippen LogP contribution < -0.4 is 0 Å². The Morgan fingerprint density at radius 2 is 1.89 bits per heavy atom. The number of alkyl halides is 4. The van der Waals surface area contributed by atoms with Crippen LogP contribution in [0.3, 0.4) is 0 Å². The van der Waals surface area contributed by atoms with Crippen molar-refractivity contribution in [3.63, 3.8) is 0 Å². The van der Waals surface area contributed by atoms with Gasteiger partial charge in [0.15, 0.2) is 5.78 Å². The Labute approximate surface area is 108 Å². The second-order valence-corrected chi connectivity index (χ2v) is 4.28. The maximum absolute atomic E-state index is 12.5. The Morgan fingerprint density at radius 1 is 1.26 bits per heavy atom. The van der Waals surface area contributed by atoms with E-state index in [1.54, 1.807) is 25.1 Å². The van der Waals surface area contributed by atoms with Crippen molar-refractivity contribution in [3.05, 3.63) is 34.9 Å². The molecular formula is C13H14F4O2. The third-order valence-corrected chi connectivity index (χ3v) is 2.68. The second-order valence-electron chi connectivity index (χ2n) is 4.28. The van der Waals surface area contributed by atoms with E-state index in [4.69, 9.17) is 0 Å². The molecule has 1 aromatic rings. The molecule has 0 N–H and O–H groups in total. The summed E-state index contributed by atoms with van der Waals surface area (Å²) in [6, 6.07) is 4.86. The monoisotopic (exact) mass is 278 g/mol. The first-order valence-electron chi connectivity index (χ1n) is 5.58. The van der Waals surface area contributed by atoms with Crippen molar-refractivity contribution >= 4 is 5.78 Å². The SMILES string of the molecule is Cc1ccc(C(=O)COCC(F)(F)C(F)F)cc1C. The maximum atomic E-state index is 12.5. The van der Waals surface area contributed by atoms with E-state index in [1.165, 1.54) is 0 Å². The number of ketones is 1. The van der Waals surface area contributed by atoms with Crippen molar-refractivity contribution in [2.24, 2.45) is 0 Å². The summed E-state index contributed by atoms with van der Waals surface area (Å²) in [4.78, 5) is 11.6. The van der Waals surface area contributed by atoms with Gasteiger partial charge in [0, 0.05) is 5.56 Å². The van der Waals surface area contributed by atoms with Crippen LogP contribution in [0.5, 0.6) is 0 Å². The Balaban J connectivity index is 2.54. The summed E-state index contributed by atoms with van der Waals surface area (Å²) < 4.78 is 53.1. The zero-order valence-electron chi connectivity index (χ0n) is 10.6. The predicted octanol–water partition coefficient (Wildman–Crippen LogP) is 3.40. The first-order valence-corrected chi connectivity index (χ1v) is 5.58. The molecule has 19 heavy (non-hydrogen) atoms. The zero-order chi connectivity index (χ0) is 14.6. The van der Waals surface area contributed by atoms with Crippen LogP contribution in [-0.2, 0) is 4.74 Å². The predicted molar refractivity (Wildman–Crippen MR) is 62.0 cm³/mol. The van der Waals surface area contributed by atoms with Crippen molar-refractivity contribution in [1.82, 2.24) is 0 Å². The van der Waals surface area contributed by atoms with Gasteiger partial charge in [0.2, 0.25) is 0 Å². The van der Waals surface area contributed by atoms with Gasteiger partial charge >= 0.3 is 12.3 Å². The Hall–Kier alpha value is -1.43. The van der Waals surface area contributed by atoms with Gasteiger partial charge in [0.25, 0.3) is 0 Å². The molecule has 0 radical (unpaired) electrons. The lowest BCUT2D eigenvalue weighted by Crippen LogP contribution is -2.33. The minimum Gasteiger partial charge on any atom is -0.367 e.